The van der Waals surface area contributed by atoms with Crippen LogP contribution in [0.4, 0.5) is 5.82 Å². The molecule has 1 aliphatic carbocycles. The minimum Gasteiger partial charge on any atom is -0.448 e. The maximum atomic E-state index is 13.9. The highest BCUT2D eigenvalue weighted by molar-refractivity contribution is 7.98. The number of aromatic nitrogens is 2. The fourth-order valence-corrected chi connectivity index (χ4v) is 8.70. The van der Waals surface area contributed by atoms with Gasteiger partial charge in [0.25, 0.3) is 17.3 Å². The molecule has 9 nitrogen and oxygen atoms in total. The molecule has 48 heavy (non-hydrogen) atoms. The highest BCUT2D eigenvalue weighted by Crippen LogP contribution is 2.53. The van der Waals surface area contributed by atoms with Crippen LogP contribution in [0.1, 0.15) is 80.1 Å². The minimum absolute atomic E-state index is 0.115. The van der Waals surface area contributed by atoms with Gasteiger partial charge in [-0.3, -0.25) is 9.59 Å². The molecular weight excluding hydrogens is 623 g/mol. The average Bonchev–Trinajstić information content (AvgIpc) is 3.43. The third kappa shape index (κ3) is 6.83. The monoisotopic (exact) mass is 673 g/mol. The Labute approximate surface area is 289 Å². The van der Waals surface area contributed by atoms with Gasteiger partial charge in [-0.15, -0.1) is 11.8 Å². The number of amides is 1. The zero-order valence-electron chi connectivity index (χ0n) is 29.7. The number of nitrogens with zero attached hydrogens (tertiary/aromatic N) is 3. The van der Waals surface area contributed by atoms with Crippen molar-refractivity contribution in [2.45, 2.75) is 90.0 Å². The fourth-order valence-electron chi connectivity index (χ4n) is 8.00. The van der Waals surface area contributed by atoms with Crippen molar-refractivity contribution in [2.24, 2.45) is 17.8 Å². The predicted octanol–water partition coefficient (Wildman–Crippen LogP) is 6.80. The van der Waals surface area contributed by atoms with Gasteiger partial charge in [0.15, 0.2) is 11.5 Å². The number of anilines is 1. The maximum Gasteiger partial charge on any atom is 0.254 e. The van der Waals surface area contributed by atoms with E-state index in [0.29, 0.717) is 40.5 Å². The molecule has 10 heteroatoms. The van der Waals surface area contributed by atoms with E-state index in [9.17, 15) is 9.59 Å². The van der Waals surface area contributed by atoms with Crippen LogP contribution in [0.5, 0.6) is 11.5 Å². The molecule has 1 saturated heterocycles. The molecular formula is C38H51N5O4S. The van der Waals surface area contributed by atoms with Gasteiger partial charge in [0.2, 0.25) is 0 Å². The second-order valence-electron chi connectivity index (χ2n) is 14.7. The second kappa shape index (κ2) is 13.8. The third-order valence-corrected chi connectivity index (χ3v) is 11.4. The Balaban J connectivity index is 1.34. The number of thioether (sulfide) groups is 1. The van der Waals surface area contributed by atoms with Crippen molar-refractivity contribution in [2.75, 3.05) is 38.3 Å². The number of hydrogen-bond donors (Lipinski definition) is 2. The fraction of sp³-hybridized carbons (Fsp3) is 0.553. The van der Waals surface area contributed by atoms with Crippen molar-refractivity contribution in [1.82, 2.24) is 20.2 Å². The molecule has 3 aliphatic rings. The molecule has 2 aromatic heterocycles. The van der Waals surface area contributed by atoms with Crippen molar-refractivity contribution in [3.63, 3.8) is 0 Å². The molecule has 1 amide bonds. The van der Waals surface area contributed by atoms with Crippen LogP contribution in [-0.2, 0) is 6.54 Å². The summed E-state index contributed by atoms with van der Waals surface area (Å²) in [7, 11) is 4.30. The van der Waals surface area contributed by atoms with Gasteiger partial charge in [0, 0.05) is 83.1 Å². The van der Waals surface area contributed by atoms with Crippen molar-refractivity contribution in [3.05, 3.63) is 63.2 Å². The number of rotatable bonds is 8. The van der Waals surface area contributed by atoms with E-state index in [-0.39, 0.29) is 23.9 Å². The first-order valence-corrected chi connectivity index (χ1v) is 18.6. The number of H-pyrrole nitrogens is 1. The number of carbonyl (C=O) groups is 1. The summed E-state index contributed by atoms with van der Waals surface area (Å²) in [5, 5.41) is 3.03. The zero-order valence-corrected chi connectivity index (χ0v) is 30.6. The number of aryl methyl sites for hydroxylation is 1. The largest absolute Gasteiger partial charge is 0.448 e. The number of nitrogens with one attached hydrogen (secondary N) is 2. The molecule has 1 aromatic carbocycles. The maximum absolute atomic E-state index is 13.9. The molecule has 0 spiro atoms. The number of fused-ring (bicyclic) bond motifs is 1. The van der Waals surface area contributed by atoms with Crippen LogP contribution < -0.4 is 25.2 Å². The van der Waals surface area contributed by atoms with Crippen LogP contribution in [0.2, 0.25) is 0 Å². The third-order valence-electron chi connectivity index (χ3n) is 10.6. The van der Waals surface area contributed by atoms with Gasteiger partial charge < -0.3 is 29.6 Å². The van der Waals surface area contributed by atoms with E-state index in [1.165, 1.54) is 18.2 Å². The Bertz CT molecular complexity index is 1710. The van der Waals surface area contributed by atoms with Gasteiger partial charge in [-0.1, -0.05) is 13.8 Å². The number of ether oxygens (including phenoxy) is 2. The van der Waals surface area contributed by atoms with Crippen molar-refractivity contribution < 1.29 is 14.3 Å². The molecule has 0 bridgehead atoms. The van der Waals surface area contributed by atoms with Crippen molar-refractivity contribution >= 4 is 23.5 Å². The number of piperidine rings is 1. The molecule has 2 fully saturated rings. The molecule has 4 heterocycles. The number of benzene rings is 1. The smallest absolute Gasteiger partial charge is 0.254 e. The molecule has 0 radical (unpaired) electrons. The molecule has 3 aromatic rings. The van der Waals surface area contributed by atoms with Gasteiger partial charge in [-0.05, 0) is 102 Å². The van der Waals surface area contributed by atoms with Crippen LogP contribution >= 0.6 is 11.8 Å². The number of pyridine rings is 2. The van der Waals surface area contributed by atoms with E-state index in [1.807, 2.05) is 45.4 Å². The molecule has 6 rings (SSSR count). The molecule has 1 saturated carbocycles. The first kappa shape index (κ1) is 34.4. The Morgan fingerprint density at radius 3 is 2.40 bits per heavy atom. The van der Waals surface area contributed by atoms with Gasteiger partial charge in [0.1, 0.15) is 5.82 Å². The number of hydrogen-bond acceptors (Lipinski definition) is 8. The van der Waals surface area contributed by atoms with Gasteiger partial charge >= 0.3 is 0 Å². The summed E-state index contributed by atoms with van der Waals surface area (Å²) in [4.78, 5) is 40.1. The lowest BCUT2D eigenvalue weighted by atomic mass is 9.81. The number of aromatic amines is 1. The first-order chi connectivity index (χ1) is 22.9. The second-order valence-corrected chi connectivity index (χ2v) is 15.6. The van der Waals surface area contributed by atoms with E-state index >= 15 is 0 Å². The van der Waals surface area contributed by atoms with E-state index in [2.05, 4.69) is 60.2 Å². The Hall–Kier alpha value is -3.50. The van der Waals surface area contributed by atoms with Crippen LogP contribution in [0.25, 0.3) is 11.1 Å². The normalized spacial score (nSPS) is 25.4. The molecule has 3 atom stereocenters. The average molecular weight is 674 g/mol. The summed E-state index contributed by atoms with van der Waals surface area (Å²) in [5.41, 5.74) is 4.01. The first-order valence-electron chi connectivity index (χ1n) is 17.3. The molecule has 3 unspecified atom stereocenters. The minimum atomic E-state index is -0.843. The molecule has 2 aliphatic heterocycles. The van der Waals surface area contributed by atoms with Crippen LogP contribution in [0, 0.1) is 31.6 Å². The van der Waals surface area contributed by atoms with Gasteiger partial charge in [-0.25, -0.2) is 4.98 Å². The van der Waals surface area contributed by atoms with E-state index in [4.69, 9.17) is 14.5 Å². The standard InChI is InChI=1S/C38H51N5O4S/c1-22-15-23(2)21-43(20-22)33-14-9-26(18-39-33)30-17-29(36(44)40-19-31-32(48-8)16-24(3)41-37(31)45)25(4)34-35(30)47-38(5,46-34)27-10-12-28(13-11-27)42(6)7/h9,14,16-18,22-23,27-28H,10-13,15,19-21H2,1-8H3,(H,40,44)(H,41,45). The Morgan fingerprint density at radius 2 is 1.77 bits per heavy atom. The summed E-state index contributed by atoms with van der Waals surface area (Å²) >= 11 is 1.50. The van der Waals surface area contributed by atoms with Gasteiger partial charge in [-0.2, -0.15) is 0 Å². The van der Waals surface area contributed by atoms with Crippen molar-refractivity contribution in [3.8, 4) is 22.6 Å². The van der Waals surface area contributed by atoms with Crippen LogP contribution in [0.3, 0.4) is 0 Å². The van der Waals surface area contributed by atoms with E-state index in [0.717, 1.165) is 71.9 Å². The summed E-state index contributed by atoms with van der Waals surface area (Å²) in [6.07, 6.45) is 9.24. The zero-order chi connectivity index (χ0) is 34.3. The van der Waals surface area contributed by atoms with E-state index in [1.54, 1.807) is 0 Å². The summed E-state index contributed by atoms with van der Waals surface area (Å²) in [6, 6.07) is 8.56. The quantitative estimate of drug-likeness (QED) is 0.252. The van der Waals surface area contributed by atoms with Crippen LogP contribution in [0.15, 0.2) is 40.2 Å². The Kier molecular flexibility index (Phi) is 9.87. The lowest BCUT2D eigenvalue weighted by molar-refractivity contribution is -0.123. The lowest BCUT2D eigenvalue weighted by Crippen LogP contribution is -2.46. The highest BCUT2D eigenvalue weighted by atomic mass is 32.2. The molecule has 2 N–H and O–H groups in total. The SMILES string of the molecule is CSc1cc(C)[nH]c(=O)c1CNC(=O)c1cc(-c2ccc(N3CC(C)CC(C)C3)nc2)c2c(c1C)OC(C)(C1CCC(N(C)C)CC1)O2. The van der Waals surface area contributed by atoms with Gasteiger partial charge in [0.05, 0.1) is 0 Å². The topological polar surface area (TPSA) is 99.8 Å². The van der Waals surface area contributed by atoms with Crippen LogP contribution in [-0.4, -0.2) is 66.0 Å². The van der Waals surface area contributed by atoms with Crippen molar-refractivity contribution in [1.29, 1.82) is 0 Å². The lowest BCUT2D eigenvalue weighted by Gasteiger charge is -2.39. The predicted molar refractivity (Wildman–Crippen MR) is 193 cm³/mol. The van der Waals surface area contributed by atoms with E-state index < -0.39 is 5.79 Å². The summed E-state index contributed by atoms with van der Waals surface area (Å²) in [6.45, 7) is 12.5. The Morgan fingerprint density at radius 1 is 1.08 bits per heavy atom. The summed E-state index contributed by atoms with van der Waals surface area (Å²) in [5.74, 6) is 2.58. The summed E-state index contributed by atoms with van der Waals surface area (Å²) < 4.78 is 13.6. The number of carbonyl (C=O) groups excluding carboxylic acids is 1. The molecule has 258 valence electrons. The highest BCUT2D eigenvalue weighted by Gasteiger charge is 2.47.